The zero-order valence-corrected chi connectivity index (χ0v) is 13.2. The van der Waals surface area contributed by atoms with Crippen molar-refractivity contribution >= 4 is 35.2 Å². The number of halogens is 1. The third-order valence-electron chi connectivity index (χ3n) is 2.80. The highest BCUT2D eigenvalue weighted by molar-refractivity contribution is 7.99. The summed E-state index contributed by atoms with van der Waals surface area (Å²) in [5, 5.41) is 11.4. The predicted molar refractivity (Wildman–Crippen MR) is 86.9 cm³/mol. The quantitative estimate of drug-likeness (QED) is 0.326. The van der Waals surface area contributed by atoms with Gasteiger partial charge in [-0.15, -0.1) is 10.2 Å². The maximum absolute atomic E-state index is 11.8. The minimum absolute atomic E-state index is 0.123. The Morgan fingerprint density at radius 3 is 2.82 bits per heavy atom. The summed E-state index contributed by atoms with van der Waals surface area (Å²) in [5.74, 6) is 11.2. The summed E-state index contributed by atoms with van der Waals surface area (Å²) in [6, 6.07) is 7.54. The van der Waals surface area contributed by atoms with E-state index in [2.05, 4.69) is 20.9 Å². The maximum atomic E-state index is 11.8. The molecule has 0 fully saturated rings. The van der Waals surface area contributed by atoms with E-state index in [1.165, 1.54) is 16.4 Å². The molecule has 1 aromatic carbocycles. The van der Waals surface area contributed by atoms with Gasteiger partial charge in [-0.25, -0.2) is 10.5 Å². The zero-order chi connectivity index (χ0) is 15.9. The number of nitrogens with one attached hydrogen (secondary N) is 2. The molecule has 0 aliphatic rings. The van der Waals surface area contributed by atoms with Crippen LogP contribution in [0.5, 0.6) is 0 Å². The molecular formula is C12H16ClN7OS. The van der Waals surface area contributed by atoms with Gasteiger partial charge in [-0.05, 0) is 18.1 Å². The van der Waals surface area contributed by atoms with Crippen molar-refractivity contribution in [2.45, 2.75) is 11.6 Å². The van der Waals surface area contributed by atoms with Gasteiger partial charge in [0.25, 0.3) is 5.95 Å². The maximum Gasteiger partial charge on any atom is 0.258 e. The molecule has 6 N–H and O–H groups in total. The Morgan fingerprint density at radius 1 is 1.36 bits per heavy atom. The van der Waals surface area contributed by atoms with E-state index in [9.17, 15) is 4.79 Å². The van der Waals surface area contributed by atoms with Crippen LogP contribution in [0.15, 0.2) is 29.4 Å². The summed E-state index contributed by atoms with van der Waals surface area (Å²) in [5.41, 5.74) is 3.30. The Morgan fingerprint density at radius 2 is 2.14 bits per heavy atom. The molecule has 0 saturated carbocycles. The lowest BCUT2D eigenvalue weighted by Gasteiger charge is -2.06. The van der Waals surface area contributed by atoms with E-state index in [0.717, 1.165) is 5.56 Å². The van der Waals surface area contributed by atoms with Crippen molar-refractivity contribution in [1.29, 1.82) is 0 Å². The minimum atomic E-state index is -0.123. The van der Waals surface area contributed by atoms with Crippen LogP contribution < -0.4 is 22.4 Å². The second-order valence-corrected chi connectivity index (χ2v) is 5.65. The first kappa shape index (κ1) is 16.4. The molecule has 2 aromatic rings. The van der Waals surface area contributed by atoms with Crippen molar-refractivity contribution in [3.8, 4) is 0 Å². The van der Waals surface area contributed by atoms with Crippen LogP contribution in [0.25, 0.3) is 0 Å². The van der Waals surface area contributed by atoms with Crippen molar-refractivity contribution in [3.05, 3.63) is 34.9 Å². The Balaban J connectivity index is 1.74. The van der Waals surface area contributed by atoms with Gasteiger partial charge in [-0.1, -0.05) is 41.6 Å². The van der Waals surface area contributed by atoms with E-state index in [1.807, 2.05) is 24.3 Å². The molecule has 0 bridgehead atoms. The van der Waals surface area contributed by atoms with E-state index >= 15 is 0 Å². The topological polar surface area (TPSA) is 124 Å². The minimum Gasteiger partial charge on any atom is -0.355 e. The molecule has 1 amide bonds. The Labute approximate surface area is 136 Å². The number of anilines is 1. The highest BCUT2D eigenvalue weighted by Gasteiger charge is 2.11. The van der Waals surface area contributed by atoms with Crippen LogP contribution in [-0.4, -0.2) is 33.1 Å². The lowest BCUT2D eigenvalue weighted by Crippen LogP contribution is -2.27. The van der Waals surface area contributed by atoms with E-state index < -0.39 is 0 Å². The van der Waals surface area contributed by atoms with E-state index in [-0.39, 0.29) is 17.6 Å². The van der Waals surface area contributed by atoms with Crippen LogP contribution in [-0.2, 0) is 11.2 Å². The average molecular weight is 342 g/mol. The highest BCUT2D eigenvalue weighted by Crippen LogP contribution is 2.16. The molecule has 2 rings (SSSR count). The molecule has 0 aliphatic heterocycles. The SMILES string of the molecule is NNc1nnc(SCC(=O)NCCc2ccccc2Cl)n1N. The van der Waals surface area contributed by atoms with E-state index in [0.29, 0.717) is 23.1 Å². The standard InChI is InChI=1S/C12H16ClN7OS/c13-9-4-2-1-3-8(9)5-6-16-10(21)7-22-12-19-18-11(17-14)20(12)15/h1-4H,5-7,14-15H2,(H,16,21)(H,17,18). The summed E-state index contributed by atoms with van der Waals surface area (Å²) in [4.78, 5) is 11.8. The number of carbonyl (C=O) groups is 1. The van der Waals surface area contributed by atoms with Crippen molar-refractivity contribution in [2.24, 2.45) is 5.84 Å². The number of nitrogen functional groups attached to an aromatic ring is 2. The molecular weight excluding hydrogens is 326 g/mol. The fourth-order valence-corrected chi connectivity index (χ4v) is 2.61. The second kappa shape index (κ2) is 7.87. The number of nitrogens with zero attached hydrogens (tertiary/aromatic N) is 3. The fourth-order valence-electron chi connectivity index (χ4n) is 1.69. The van der Waals surface area contributed by atoms with Crippen LogP contribution in [0.3, 0.4) is 0 Å². The van der Waals surface area contributed by atoms with Gasteiger partial charge in [0.15, 0.2) is 0 Å². The first-order valence-corrected chi connectivity index (χ1v) is 7.78. The smallest absolute Gasteiger partial charge is 0.258 e. The normalized spacial score (nSPS) is 10.5. The predicted octanol–water partition coefficient (Wildman–Crippen LogP) is 0.382. The molecule has 1 aromatic heterocycles. The van der Waals surface area contributed by atoms with Crippen LogP contribution in [0.4, 0.5) is 5.95 Å². The molecule has 0 atom stereocenters. The van der Waals surface area contributed by atoms with E-state index in [4.69, 9.17) is 23.3 Å². The van der Waals surface area contributed by atoms with Gasteiger partial charge in [0.05, 0.1) is 5.75 Å². The summed E-state index contributed by atoms with van der Waals surface area (Å²) < 4.78 is 1.18. The molecule has 0 unspecified atom stereocenters. The number of carbonyl (C=O) groups excluding carboxylic acids is 1. The number of amides is 1. The number of hydrogen-bond donors (Lipinski definition) is 4. The van der Waals surface area contributed by atoms with Gasteiger partial charge in [-0.3, -0.25) is 10.2 Å². The molecule has 0 saturated heterocycles. The lowest BCUT2D eigenvalue weighted by atomic mass is 10.1. The number of aromatic nitrogens is 3. The van der Waals surface area contributed by atoms with Crippen LogP contribution in [0.2, 0.25) is 5.02 Å². The average Bonchev–Trinajstić information content (AvgIpc) is 2.87. The van der Waals surface area contributed by atoms with Gasteiger partial charge in [0, 0.05) is 11.6 Å². The number of hydrazine groups is 1. The van der Waals surface area contributed by atoms with Gasteiger partial charge in [0.2, 0.25) is 11.1 Å². The van der Waals surface area contributed by atoms with Crippen LogP contribution in [0, 0.1) is 0 Å². The summed E-state index contributed by atoms with van der Waals surface area (Å²) in [6.45, 7) is 0.508. The van der Waals surface area contributed by atoms with Crippen molar-refractivity contribution < 1.29 is 4.79 Å². The van der Waals surface area contributed by atoms with Crippen LogP contribution >= 0.6 is 23.4 Å². The van der Waals surface area contributed by atoms with Gasteiger partial charge >= 0.3 is 0 Å². The Bertz CT molecular complexity index is 648. The highest BCUT2D eigenvalue weighted by atomic mass is 35.5. The second-order valence-electron chi connectivity index (χ2n) is 4.30. The van der Waals surface area contributed by atoms with E-state index in [1.54, 1.807) is 0 Å². The molecule has 8 nitrogen and oxygen atoms in total. The van der Waals surface area contributed by atoms with Crippen molar-refractivity contribution in [1.82, 2.24) is 20.2 Å². The number of hydrogen-bond acceptors (Lipinski definition) is 7. The number of rotatable bonds is 7. The monoisotopic (exact) mass is 341 g/mol. The van der Waals surface area contributed by atoms with Gasteiger partial charge in [-0.2, -0.15) is 0 Å². The third kappa shape index (κ3) is 4.26. The molecule has 22 heavy (non-hydrogen) atoms. The first-order valence-electron chi connectivity index (χ1n) is 6.42. The summed E-state index contributed by atoms with van der Waals surface area (Å²) in [7, 11) is 0. The van der Waals surface area contributed by atoms with Gasteiger partial charge < -0.3 is 11.2 Å². The molecule has 118 valence electrons. The van der Waals surface area contributed by atoms with Crippen molar-refractivity contribution in [3.63, 3.8) is 0 Å². The number of thioether (sulfide) groups is 1. The largest absolute Gasteiger partial charge is 0.355 e. The molecule has 0 aliphatic carbocycles. The van der Waals surface area contributed by atoms with Crippen LogP contribution in [0.1, 0.15) is 5.56 Å². The molecule has 1 heterocycles. The first-order chi connectivity index (χ1) is 10.6. The fraction of sp³-hybridized carbons (Fsp3) is 0.250. The summed E-state index contributed by atoms with van der Waals surface area (Å²) in [6.07, 6.45) is 0.671. The Kier molecular flexibility index (Phi) is 5.87. The number of benzene rings is 1. The zero-order valence-electron chi connectivity index (χ0n) is 11.6. The Hall–Kier alpha value is -1.97. The van der Waals surface area contributed by atoms with Gasteiger partial charge in [0.1, 0.15) is 0 Å². The summed E-state index contributed by atoms with van der Waals surface area (Å²) >= 11 is 7.22. The molecule has 0 radical (unpaired) electrons. The van der Waals surface area contributed by atoms with Crippen molar-refractivity contribution in [2.75, 3.05) is 23.6 Å². The third-order valence-corrected chi connectivity index (χ3v) is 4.11. The molecule has 0 spiro atoms. The number of nitrogens with two attached hydrogens (primary N) is 2. The molecule has 10 heteroatoms. The lowest BCUT2D eigenvalue weighted by molar-refractivity contribution is -0.118.